The Morgan fingerprint density at radius 3 is 2.40 bits per heavy atom. The van der Waals surface area contributed by atoms with Gasteiger partial charge in [0.15, 0.2) is 0 Å². The number of rotatable bonds is 3. The van der Waals surface area contributed by atoms with Gasteiger partial charge in [0, 0.05) is 17.4 Å². The van der Waals surface area contributed by atoms with Crippen molar-refractivity contribution in [1.29, 1.82) is 0 Å². The summed E-state index contributed by atoms with van der Waals surface area (Å²) in [5, 5.41) is 3.26. The van der Waals surface area contributed by atoms with Crippen molar-refractivity contribution >= 4 is 11.6 Å². The van der Waals surface area contributed by atoms with Crippen LogP contribution in [0.5, 0.6) is 0 Å². The summed E-state index contributed by atoms with van der Waals surface area (Å²) in [7, 11) is 0. The molecule has 0 saturated carbocycles. The average molecular weight is 261 g/mol. The molecule has 0 aliphatic rings. The van der Waals surface area contributed by atoms with Gasteiger partial charge in [0.1, 0.15) is 0 Å². The van der Waals surface area contributed by atoms with E-state index in [0.717, 1.165) is 16.9 Å². The fraction of sp³-hybridized carbons (Fsp3) is 0.0588. The van der Waals surface area contributed by atoms with Crippen LogP contribution in [-0.2, 0) is 0 Å². The molecule has 0 amide bonds. The lowest BCUT2D eigenvalue weighted by Gasteiger charge is -2.08. The fourth-order valence-electron chi connectivity index (χ4n) is 2.02. The van der Waals surface area contributed by atoms with E-state index in [4.69, 9.17) is 0 Å². The van der Waals surface area contributed by atoms with Gasteiger partial charge in [-0.2, -0.15) is 0 Å². The topological polar surface area (TPSA) is 37.8 Å². The van der Waals surface area contributed by atoms with E-state index in [1.165, 1.54) is 5.56 Å². The number of benzene rings is 2. The lowest BCUT2D eigenvalue weighted by molar-refractivity contribution is 1.17. The molecule has 0 aliphatic heterocycles. The molecule has 3 nitrogen and oxygen atoms in total. The third-order valence-electron chi connectivity index (χ3n) is 3.12. The Balaban J connectivity index is 1.91. The fourth-order valence-corrected chi connectivity index (χ4v) is 2.02. The maximum atomic E-state index is 4.56. The minimum absolute atomic E-state index is 0.612. The molecule has 20 heavy (non-hydrogen) atoms. The Labute approximate surface area is 118 Å². The van der Waals surface area contributed by atoms with Gasteiger partial charge in [0.05, 0.1) is 5.69 Å². The first-order valence-electron chi connectivity index (χ1n) is 6.54. The predicted molar refractivity (Wildman–Crippen MR) is 81.9 cm³/mol. The molecule has 3 aromatic rings. The Bertz CT molecular complexity index is 708. The number of nitrogens with zero attached hydrogens (tertiary/aromatic N) is 2. The molecule has 3 heteroatoms. The monoisotopic (exact) mass is 261 g/mol. The smallest absolute Gasteiger partial charge is 0.227 e. The van der Waals surface area contributed by atoms with Gasteiger partial charge in [-0.15, -0.1) is 0 Å². The van der Waals surface area contributed by atoms with Crippen LogP contribution in [0.15, 0.2) is 66.9 Å². The van der Waals surface area contributed by atoms with Gasteiger partial charge in [0.25, 0.3) is 0 Å². The Kier molecular flexibility index (Phi) is 3.42. The van der Waals surface area contributed by atoms with Crippen molar-refractivity contribution in [2.75, 3.05) is 5.32 Å². The van der Waals surface area contributed by atoms with Gasteiger partial charge in [-0.3, -0.25) is 0 Å². The highest BCUT2D eigenvalue weighted by Crippen LogP contribution is 2.20. The van der Waals surface area contributed by atoms with E-state index in [1.807, 2.05) is 54.6 Å². The van der Waals surface area contributed by atoms with E-state index < -0.39 is 0 Å². The maximum absolute atomic E-state index is 4.56. The summed E-state index contributed by atoms with van der Waals surface area (Å²) in [6.45, 7) is 2.06. The summed E-state index contributed by atoms with van der Waals surface area (Å²) in [5.74, 6) is 0.612. The lowest BCUT2D eigenvalue weighted by atomic mass is 10.1. The molecule has 0 bridgehead atoms. The molecule has 3 rings (SSSR count). The first kappa shape index (κ1) is 12.4. The summed E-state index contributed by atoms with van der Waals surface area (Å²) in [6.07, 6.45) is 1.77. The highest BCUT2D eigenvalue weighted by molar-refractivity contribution is 5.63. The highest BCUT2D eigenvalue weighted by atomic mass is 15.1. The number of para-hydroxylation sites is 1. The van der Waals surface area contributed by atoms with Crippen LogP contribution in [0.1, 0.15) is 5.56 Å². The lowest BCUT2D eigenvalue weighted by Crippen LogP contribution is -1.99. The van der Waals surface area contributed by atoms with Gasteiger partial charge in [-0.25, -0.2) is 9.97 Å². The Morgan fingerprint density at radius 2 is 1.60 bits per heavy atom. The number of nitrogens with one attached hydrogen (secondary N) is 1. The van der Waals surface area contributed by atoms with Crippen LogP contribution < -0.4 is 5.32 Å². The normalized spacial score (nSPS) is 10.2. The molecule has 1 N–H and O–H groups in total. The Hall–Kier alpha value is -2.68. The van der Waals surface area contributed by atoms with E-state index in [9.17, 15) is 0 Å². The Morgan fingerprint density at radius 1 is 0.850 bits per heavy atom. The van der Waals surface area contributed by atoms with Crippen molar-refractivity contribution < 1.29 is 0 Å². The molecular formula is C17H15N3. The summed E-state index contributed by atoms with van der Waals surface area (Å²) in [5.41, 5.74) is 4.19. The van der Waals surface area contributed by atoms with Crippen LogP contribution in [0.3, 0.4) is 0 Å². The quantitative estimate of drug-likeness (QED) is 0.768. The molecule has 0 unspecified atom stereocenters. The van der Waals surface area contributed by atoms with Crippen LogP contribution in [0.4, 0.5) is 11.6 Å². The first-order valence-corrected chi connectivity index (χ1v) is 6.54. The average Bonchev–Trinajstić information content (AvgIpc) is 2.51. The van der Waals surface area contributed by atoms with E-state index >= 15 is 0 Å². The number of anilines is 2. The molecule has 0 radical (unpaired) electrons. The van der Waals surface area contributed by atoms with Crippen molar-refractivity contribution in [1.82, 2.24) is 9.97 Å². The molecule has 0 fully saturated rings. The van der Waals surface area contributed by atoms with Gasteiger partial charge in [-0.05, 0) is 24.6 Å². The minimum Gasteiger partial charge on any atom is -0.324 e. The molecule has 0 saturated heterocycles. The third kappa shape index (κ3) is 2.67. The summed E-state index contributed by atoms with van der Waals surface area (Å²) in [4.78, 5) is 8.84. The van der Waals surface area contributed by atoms with Crippen molar-refractivity contribution in [3.8, 4) is 11.3 Å². The summed E-state index contributed by atoms with van der Waals surface area (Å²) >= 11 is 0. The van der Waals surface area contributed by atoms with Crippen molar-refractivity contribution in [2.24, 2.45) is 0 Å². The molecule has 0 aliphatic carbocycles. The van der Waals surface area contributed by atoms with Crippen LogP contribution >= 0.6 is 0 Å². The predicted octanol–water partition coefficient (Wildman–Crippen LogP) is 4.20. The zero-order chi connectivity index (χ0) is 13.8. The summed E-state index contributed by atoms with van der Waals surface area (Å²) < 4.78 is 0. The third-order valence-corrected chi connectivity index (χ3v) is 3.12. The summed E-state index contributed by atoms with van der Waals surface area (Å²) in [6, 6.07) is 20.1. The maximum Gasteiger partial charge on any atom is 0.227 e. The second-order valence-corrected chi connectivity index (χ2v) is 4.57. The van der Waals surface area contributed by atoms with E-state index in [0.29, 0.717) is 5.95 Å². The van der Waals surface area contributed by atoms with Gasteiger partial charge in [0.2, 0.25) is 5.95 Å². The molecular weight excluding hydrogens is 246 g/mol. The van der Waals surface area contributed by atoms with E-state index in [2.05, 4.69) is 28.3 Å². The molecule has 0 spiro atoms. The highest BCUT2D eigenvalue weighted by Gasteiger charge is 2.03. The van der Waals surface area contributed by atoms with Crippen LogP contribution in [0.25, 0.3) is 11.3 Å². The van der Waals surface area contributed by atoms with E-state index in [-0.39, 0.29) is 0 Å². The van der Waals surface area contributed by atoms with E-state index in [1.54, 1.807) is 6.20 Å². The molecule has 2 aromatic carbocycles. The van der Waals surface area contributed by atoms with Crippen LogP contribution in [0, 0.1) is 6.92 Å². The van der Waals surface area contributed by atoms with Crippen LogP contribution in [0.2, 0.25) is 0 Å². The second-order valence-electron chi connectivity index (χ2n) is 4.57. The SMILES string of the molecule is Cc1ccccc1Nc1nccc(-c2ccccc2)n1. The second kappa shape index (κ2) is 5.53. The number of aryl methyl sites for hydroxylation is 1. The number of hydrogen-bond donors (Lipinski definition) is 1. The number of aromatic nitrogens is 2. The van der Waals surface area contributed by atoms with Gasteiger partial charge in [-0.1, -0.05) is 48.5 Å². The van der Waals surface area contributed by atoms with Crippen molar-refractivity contribution in [3.05, 3.63) is 72.4 Å². The molecule has 1 aromatic heterocycles. The zero-order valence-corrected chi connectivity index (χ0v) is 11.2. The standard InChI is InChI=1S/C17H15N3/c1-13-7-5-6-10-15(13)19-17-18-12-11-16(20-17)14-8-3-2-4-9-14/h2-12H,1H3,(H,18,19,20). The first-order chi connectivity index (χ1) is 9.83. The molecule has 1 heterocycles. The van der Waals surface area contributed by atoms with Gasteiger partial charge < -0.3 is 5.32 Å². The number of hydrogen-bond acceptors (Lipinski definition) is 3. The molecule has 0 atom stereocenters. The van der Waals surface area contributed by atoms with Crippen molar-refractivity contribution in [3.63, 3.8) is 0 Å². The van der Waals surface area contributed by atoms with Crippen LogP contribution in [-0.4, -0.2) is 9.97 Å². The largest absolute Gasteiger partial charge is 0.324 e. The zero-order valence-electron chi connectivity index (χ0n) is 11.2. The minimum atomic E-state index is 0.612. The van der Waals surface area contributed by atoms with Crippen molar-refractivity contribution in [2.45, 2.75) is 6.92 Å². The molecule has 98 valence electrons. The van der Waals surface area contributed by atoms with Gasteiger partial charge >= 0.3 is 0 Å².